The van der Waals surface area contributed by atoms with Crippen molar-refractivity contribution in [1.29, 1.82) is 0 Å². The molecule has 2 rings (SSSR count). The molecule has 0 unspecified atom stereocenters. The van der Waals surface area contributed by atoms with Crippen molar-refractivity contribution in [3.05, 3.63) is 23.9 Å². The van der Waals surface area contributed by atoms with Crippen molar-refractivity contribution in [2.75, 3.05) is 14.2 Å². The molecule has 0 spiro atoms. The van der Waals surface area contributed by atoms with E-state index in [0.717, 1.165) is 12.1 Å². The Balaban J connectivity index is 1.97. The molecular formula is C13H18N2O2. The van der Waals surface area contributed by atoms with Crippen molar-refractivity contribution < 1.29 is 9.53 Å². The van der Waals surface area contributed by atoms with Crippen LogP contribution in [0.5, 0.6) is 5.88 Å². The topological polar surface area (TPSA) is 42.4 Å². The maximum atomic E-state index is 11.9. The molecule has 92 valence electrons. The normalized spacial score (nSPS) is 22.1. The zero-order valence-electron chi connectivity index (χ0n) is 10.5. The minimum Gasteiger partial charge on any atom is -0.481 e. The van der Waals surface area contributed by atoms with Gasteiger partial charge in [-0.2, -0.15) is 0 Å². The highest BCUT2D eigenvalue weighted by Gasteiger charge is 2.40. The maximum absolute atomic E-state index is 11.9. The van der Waals surface area contributed by atoms with Crippen LogP contribution in [-0.2, 0) is 11.3 Å². The summed E-state index contributed by atoms with van der Waals surface area (Å²) in [7, 11) is 3.42. The largest absolute Gasteiger partial charge is 0.481 e. The molecule has 4 nitrogen and oxygen atoms in total. The summed E-state index contributed by atoms with van der Waals surface area (Å²) in [6, 6.07) is 5.59. The van der Waals surface area contributed by atoms with E-state index in [9.17, 15) is 4.79 Å². The zero-order valence-corrected chi connectivity index (χ0v) is 10.5. The van der Waals surface area contributed by atoms with Gasteiger partial charge in [0, 0.05) is 19.0 Å². The molecule has 1 heterocycles. The summed E-state index contributed by atoms with van der Waals surface area (Å²) >= 11 is 0. The van der Waals surface area contributed by atoms with E-state index in [4.69, 9.17) is 4.74 Å². The van der Waals surface area contributed by atoms with Crippen LogP contribution in [0.25, 0.3) is 0 Å². The van der Waals surface area contributed by atoms with E-state index < -0.39 is 0 Å². The van der Waals surface area contributed by atoms with Gasteiger partial charge in [-0.25, -0.2) is 4.98 Å². The Hall–Kier alpha value is -1.58. The van der Waals surface area contributed by atoms with Gasteiger partial charge >= 0.3 is 0 Å². The van der Waals surface area contributed by atoms with E-state index in [0.29, 0.717) is 18.3 Å². The lowest BCUT2D eigenvalue weighted by atomic mass is 10.2. The molecule has 1 saturated carbocycles. The van der Waals surface area contributed by atoms with E-state index in [1.54, 1.807) is 18.1 Å². The smallest absolute Gasteiger partial charge is 0.226 e. The lowest BCUT2D eigenvalue weighted by molar-refractivity contribution is -0.132. The number of hydrogen-bond acceptors (Lipinski definition) is 3. The van der Waals surface area contributed by atoms with Gasteiger partial charge in [0.1, 0.15) is 0 Å². The van der Waals surface area contributed by atoms with Gasteiger partial charge in [-0.1, -0.05) is 13.0 Å². The molecule has 4 heteroatoms. The van der Waals surface area contributed by atoms with E-state index in [1.165, 1.54) is 0 Å². The SMILES string of the molecule is COc1cccc(CN(C)C(=O)[C@H]2C[C@@H]2C)n1. The monoisotopic (exact) mass is 234 g/mol. The van der Waals surface area contributed by atoms with Crippen LogP contribution in [0.15, 0.2) is 18.2 Å². The Morgan fingerprint density at radius 1 is 1.59 bits per heavy atom. The number of amides is 1. The van der Waals surface area contributed by atoms with Gasteiger partial charge in [0.2, 0.25) is 11.8 Å². The fourth-order valence-corrected chi connectivity index (χ4v) is 1.93. The number of carbonyl (C=O) groups excluding carboxylic acids is 1. The Labute approximate surface area is 102 Å². The Kier molecular flexibility index (Phi) is 3.31. The summed E-state index contributed by atoms with van der Waals surface area (Å²) in [6.07, 6.45) is 1.02. The van der Waals surface area contributed by atoms with Gasteiger partial charge in [0.25, 0.3) is 0 Å². The highest BCUT2D eigenvalue weighted by atomic mass is 16.5. The van der Waals surface area contributed by atoms with Gasteiger partial charge in [-0.05, 0) is 18.4 Å². The zero-order chi connectivity index (χ0) is 12.4. The molecule has 2 atom stereocenters. The van der Waals surface area contributed by atoms with Crippen molar-refractivity contribution in [1.82, 2.24) is 9.88 Å². The highest BCUT2D eigenvalue weighted by molar-refractivity contribution is 5.81. The molecule has 1 aromatic heterocycles. The van der Waals surface area contributed by atoms with Gasteiger partial charge in [-0.15, -0.1) is 0 Å². The van der Waals surface area contributed by atoms with Crippen LogP contribution in [0.2, 0.25) is 0 Å². The second-order valence-corrected chi connectivity index (χ2v) is 4.69. The lowest BCUT2D eigenvalue weighted by Gasteiger charge is -2.16. The number of aromatic nitrogens is 1. The van der Waals surface area contributed by atoms with Crippen LogP contribution in [0.4, 0.5) is 0 Å². The van der Waals surface area contributed by atoms with Crippen LogP contribution >= 0.6 is 0 Å². The molecule has 0 bridgehead atoms. The molecule has 0 aromatic carbocycles. The lowest BCUT2D eigenvalue weighted by Crippen LogP contribution is -2.28. The average molecular weight is 234 g/mol. The van der Waals surface area contributed by atoms with Crippen LogP contribution in [0.3, 0.4) is 0 Å². The third kappa shape index (κ3) is 2.75. The number of nitrogens with zero attached hydrogens (tertiary/aromatic N) is 2. The molecule has 1 amide bonds. The Bertz CT molecular complexity index is 420. The summed E-state index contributed by atoms with van der Waals surface area (Å²) in [5.41, 5.74) is 0.855. The van der Waals surface area contributed by atoms with E-state index in [1.807, 2.05) is 19.2 Å². The molecule has 1 aliphatic carbocycles. The van der Waals surface area contributed by atoms with Gasteiger partial charge in [0.15, 0.2) is 0 Å². The molecule has 0 radical (unpaired) electrons. The van der Waals surface area contributed by atoms with Crippen LogP contribution < -0.4 is 4.74 Å². The molecule has 0 N–H and O–H groups in total. The number of methoxy groups -OCH3 is 1. The molecule has 0 saturated heterocycles. The van der Waals surface area contributed by atoms with Crippen LogP contribution in [0, 0.1) is 11.8 Å². The Morgan fingerprint density at radius 2 is 2.29 bits per heavy atom. The minimum atomic E-state index is 0.224. The summed E-state index contributed by atoms with van der Waals surface area (Å²) in [5.74, 6) is 1.58. The van der Waals surface area contributed by atoms with Gasteiger partial charge in [0.05, 0.1) is 19.3 Å². The molecule has 0 aliphatic heterocycles. The number of ether oxygens (including phenoxy) is 1. The average Bonchev–Trinajstić information content (AvgIpc) is 3.05. The number of rotatable bonds is 4. The second kappa shape index (κ2) is 4.73. The van der Waals surface area contributed by atoms with E-state index >= 15 is 0 Å². The molecule has 1 aromatic rings. The van der Waals surface area contributed by atoms with Crippen LogP contribution in [-0.4, -0.2) is 29.9 Å². The first kappa shape index (κ1) is 11.9. The predicted molar refractivity (Wildman–Crippen MR) is 64.5 cm³/mol. The van der Waals surface area contributed by atoms with Gasteiger partial charge < -0.3 is 9.64 Å². The highest BCUT2D eigenvalue weighted by Crippen LogP contribution is 2.39. The summed E-state index contributed by atoms with van der Waals surface area (Å²) in [4.78, 5) is 18.0. The fourth-order valence-electron chi connectivity index (χ4n) is 1.93. The summed E-state index contributed by atoms with van der Waals surface area (Å²) in [5, 5.41) is 0. The fraction of sp³-hybridized carbons (Fsp3) is 0.538. The predicted octanol–water partition coefficient (Wildman–Crippen LogP) is 1.70. The first-order valence-corrected chi connectivity index (χ1v) is 5.86. The molecule has 1 fully saturated rings. The maximum Gasteiger partial charge on any atom is 0.226 e. The third-order valence-corrected chi connectivity index (χ3v) is 3.19. The van der Waals surface area contributed by atoms with Crippen molar-refractivity contribution in [3.63, 3.8) is 0 Å². The molecule has 1 aliphatic rings. The number of carbonyl (C=O) groups is 1. The van der Waals surface area contributed by atoms with E-state index in [-0.39, 0.29) is 11.8 Å². The quantitative estimate of drug-likeness (QED) is 0.796. The van der Waals surface area contributed by atoms with Crippen molar-refractivity contribution >= 4 is 5.91 Å². The number of hydrogen-bond donors (Lipinski definition) is 0. The van der Waals surface area contributed by atoms with Crippen molar-refractivity contribution in [2.24, 2.45) is 11.8 Å². The first-order valence-electron chi connectivity index (χ1n) is 5.86. The summed E-state index contributed by atoms with van der Waals surface area (Å²) in [6.45, 7) is 2.65. The number of pyridine rings is 1. The standard InChI is InChI=1S/C13H18N2O2/c1-9-7-11(9)13(16)15(2)8-10-5-4-6-12(14-10)17-3/h4-6,9,11H,7-8H2,1-3H3/t9-,11-/m0/s1. The van der Waals surface area contributed by atoms with Crippen molar-refractivity contribution in [2.45, 2.75) is 19.9 Å². The molecule has 17 heavy (non-hydrogen) atoms. The molecular weight excluding hydrogens is 216 g/mol. The first-order chi connectivity index (χ1) is 8.11. The Morgan fingerprint density at radius 3 is 2.88 bits per heavy atom. The van der Waals surface area contributed by atoms with Crippen LogP contribution in [0.1, 0.15) is 19.0 Å². The van der Waals surface area contributed by atoms with E-state index in [2.05, 4.69) is 11.9 Å². The minimum absolute atomic E-state index is 0.224. The third-order valence-electron chi connectivity index (χ3n) is 3.19. The van der Waals surface area contributed by atoms with Gasteiger partial charge in [-0.3, -0.25) is 4.79 Å². The summed E-state index contributed by atoms with van der Waals surface area (Å²) < 4.78 is 5.06. The van der Waals surface area contributed by atoms with Crippen molar-refractivity contribution in [3.8, 4) is 5.88 Å². The second-order valence-electron chi connectivity index (χ2n) is 4.69.